The van der Waals surface area contributed by atoms with Crippen LogP contribution in [0.5, 0.6) is 0 Å². The highest BCUT2D eigenvalue weighted by atomic mass is 16.6. The Morgan fingerprint density at radius 2 is 1.83 bits per heavy atom. The number of amides is 1. The summed E-state index contributed by atoms with van der Waals surface area (Å²) in [7, 11) is 1.87. The molecule has 1 unspecified atom stereocenters. The Balaban J connectivity index is 1.60. The average molecular weight is 401 g/mol. The highest BCUT2D eigenvalue weighted by Crippen LogP contribution is 2.22. The first kappa shape index (κ1) is 21.6. The summed E-state index contributed by atoms with van der Waals surface area (Å²) < 4.78 is 0. The van der Waals surface area contributed by atoms with Gasteiger partial charge in [-0.05, 0) is 51.3 Å². The summed E-state index contributed by atoms with van der Waals surface area (Å²) in [4.78, 5) is 22.5. The highest BCUT2D eigenvalue weighted by molar-refractivity contribution is 5.98. The molecule has 2 aliphatic rings. The Kier molecular flexibility index (Phi) is 7.92. The molecule has 1 aromatic rings. The molecule has 160 valence electrons. The highest BCUT2D eigenvalue weighted by Gasteiger charge is 2.26. The lowest BCUT2D eigenvalue weighted by Crippen LogP contribution is -2.43. The first-order valence-electron chi connectivity index (χ1n) is 11.1. The Hall–Kier alpha value is -2.08. The summed E-state index contributed by atoms with van der Waals surface area (Å²) in [6.07, 6.45) is 8.97. The third-order valence-corrected chi connectivity index (χ3v) is 6.26. The molecule has 0 radical (unpaired) electrons. The van der Waals surface area contributed by atoms with E-state index < -0.39 is 6.10 Å². The Bertz CT molecular complexity index is 694. The van der Waals surface area contributed by atoms with Gasteiger partial charge in [0, 0.05) is 25.2 Å². The number of benzene rings is 1. The van der Waals surface area contributed by atoms with Gasteiger partial charge in [0.15, 0.2) is 5.84 Å². The van der Waals surface area contributed by atoms with Crippen molar-refractivity contribution in [2.75, 3.05) is 20.1 Å². The Morgan fingerprint density at radius 1 is 1.17 bits per heavy atom. The molecule has 1 atom stereocenters. The van der Waals surface area contributed by atoms with Crippen LogP contribution in [0.1, 0.15) is 69.4 Å². The lowest BCUT2D eigenvalue weighted by atomic mass is 9.94. The number of nitrogens with zero attached hydrogens (tertiary/aromatic N) is 3. The number of hydrogen-bond donors (Lipinski definition) is 1. The Labute approximate surface area is 175 Å². The second-order valence-electron chi connectivity index (χ2n) is 8.46. The third-order valence-electron chi connectivity index (χ3n) is 6.26. The van der Waals surface area contributed by atoms with Crippen molar-refractivity contribution in [1.82, 2.24) is 9.80 Å². The lowest BCUT2D eigenvalue weighted by Gasteiger charge is -2.32. The Morgan fingerprint density at radius 3 is 2.55 bits per heavy atom. The van der Waals surface area contributed by atoms with Crippen molar-refractivity contribution in [3.05, 3.63) is 35.4 Å². The quantitative estimate of drug-likeness (QED) is 0.432. The molecule has 1 aliphatic carbocycles. The molecule has 0 bridgehead atoms. The first-order valence-corrected chi connectivity index (χ1v) is 11.1. The molecule has 1 saturated carbocycles. The van der Waals surface area contributed by atoms with E-state index in [-0.39, 0.29) is 5.91 Å². The molecular weight excluding hydrogens is 364 g/mol. The van der Waals surface area contributed by atoms with E-state index in [1.165, 1.54) is 38.5 Å². The van der Waals surface area contributed by atoms with Gasteiger partial charge in [-0.15, -0.1) is 0 Å². The maximum absolute atomic E-state index is 12.7. The molecule has 1 saturated heterocycles. The molecule has 6 heteroatoms. The fraction of sp³-hybridized carbons (Fsp3) is 0.652. The predicted octanol–water partition coefficient (Wildman–Crippen LogP) is 3.49. The van der Waals surface area contributed by atoms with Crippen LogP contribution < -0.4 is 5.73 Å². The van der Waals surface area contributed by atoms with Crippen LogP contribution in [0.4, 0.5) is 0 Å². The van der Waals surface area contributed by atoms with E-state index >= 15 is 0 Å². The maximum Gasteiger partial charge on any atom is 0.266 e. The van der Waals surface area contributed by atoms with Crippen LogP contribution in [0.3, 0.4) is 0 Å². The zero-order valence-corrected chi connectivity index (χ0v) is 18.0. The van der Waals surface area contributed by atoms with Gasteiger partial charge in [-0.3, -0.25) is 9.69 Å². The van der Waals surface area contributed by atoms with Crippen molar-refractivity contribution < 1.29 is 9.63 Å². The summed E-state index contributed by atoms with van der Waals surface area (Å²) >= 11 is 0. The maximum atomic E-state index is 12.7. The fourth-order valence-corrected chi connectivity index (χ4v) is 4.43. The number of hydrogen-bond acceptors (Lipinski definition) is 4. The SMILES string of the molecule is CC(ON=C(N)c1ccccc1CN1CCCCC1)C(=O)N(C)C1CCCCC1. The van der Waals surface area contributed by atoms with E-state index in [9.17, 15) is 4.79 Å². The normalized spacial score (nSPS) is 20.3. The van der Waals surface area contributed by atoms with Gasteiger partial charge in [-0.25, -0.2) is 0 Å². The number of likely N-dealkylation sites (tertiary alicyclic amines) is 1. The van der Waals surface area contributed by atoms with E-state index in [2.05, 4.69) is 16.1 Å². The van der Waals surface area contributed by atoms with Crippen LogP contribution in [-0.2, 0) is 16.2 Å². The van der Waals surface area contributed by atoms with E-state index in [1.807, 2.05) is 30.1 Å². The molecule has 0 spiro atoms. The van der Waals surface area contributed by atoms with Crippen molar-refractivity contribution in [3.63, 3.8) is 0 Å². The summed E-state index contributed by atoms with van der Waals surface area (Å²) in [6.45, 7) is 4.87. The van der Waals surface area contributed by atoms with Crippen LogP contribution in [0.2, 0.25) is 0 Å². The second kappa shape index (κ2) is 10.6. The number of carbonyl (C=O) groups is 1. The monoisotopic (exact) mass is 400 g/mol. The number of rotatable bonds is 7. The van der Waals surface area contributed by atoms with Crippen molar-refractivity contribution in [2.24, 2.45) is 10.9 Å². The molecule has 3 rings (SSSR count). The number of amidine groups is 1. The van der Waals surface area contributed by atoms with Gasteiger partial charge in [-0.2, -0.15) is 0 Å². The molecule has 29 heavy (non-hydrogen) atoms. The van der Waals surface area contributed by atoms with Gasteiger partial charge in [-0.1, -0.05) is 55.1 Å². The smallest absolute Gasteiger partial charge is 0.266 e. The molecule has 2 N–H and O–H groups in total. The number of nitrogens with two attached hydrogens (primary N) is 1. The van der Waals surface area contributed by atoms with Crippen LogP contribution in [0, 0.1) is 0 Å². The zero-order valence-electron chi connectivity index (χ0n) is 18.0. The minimum absolute atomic E-state index is 0.0324. The molecule has 1 amide bonds. The molecule has 0 aromatic heterocycles. The second-order valence-corrected chi connectivity index (χ2v) is 8.46. The van der Waals surface area contributed by atoms with Crippen molar-refractivity contribution in [1.29, 1.82) is 0 Å². The topological polar surface area (TPSA) is 71.2 Å². The third kappa shape index (κ3) is 5.95. The number of piperidine rings is 1. The first-order chi connectivity index (χ1) is 14.1. The van der Waals surface area contributed by atoms with Gasteiger partial charge < -0.3 is 15.5 Å². The molecule has 1 heterocycles. The van der Waals surface area contributed by atoms with Crippen molar-refractivity contribution >= 4 is 11.7 Å². The fourth-order valence-electron chi connectivity index (χ4n) is 4.43. The van der Waals surface area contributed by atoms with Crippen molar-refractivity contribution in [3.8, 4) is 0 Å². The van der Waals surface area contributed by atoms with Crippen LogP contribution in [0.15, 0.2) is 29.4 Å². The minimum Gasteiger partial charge on any atom is -0.381 e. The van der Waals surface area contributed by atoms with Gasteiger partial charge in [0.25, 0.3) is 5.91 Å². The summed E-state index contributed by atoms with van der Waals surface area (Å²) in [6, 6.07) is 8.37. The molecule has 1 aliphatic heterocycles. The predicted molar refractivity (Wildman–Crippen MR) is 116 cm³/mol. The molecule has 2 fully saturated rings. The van der Waals surface area contributed by atoms with E-state index in [0.717, 1.165) is 43.6 Å². The van der Waals surface area contributed by atoms with E-state index in [1.54, 1.807) is 6.92 Å². The number of likely N-dealkylation sites (N-methyl/N-ethyl adjacent to an activating group) is 1. The minimum atomic E-state index is -0.644. The van der Waals surface area contributed by atoms with Gasteiger partial charge in [0.2, 0.25) is 6.10 Å². The largest absolute Gasteiger partial charge is 0.381 e. The van der Waals surface area contributed by atoms with E-state index in [4.69, 9.17) is 10.6 Å². The summed E-state index contributed by atoms with van der Waals surface area (Å²) in [5, 5.41) is 4.13. The van der Waals surface area contributed by atoms with Crippen LogP contribution in [0.25, 0.3) is 0 Å². The van der Waals surface area contributed by atoms with Gasteiger partial charge in [0.05, 0.1) is 0 Å². The summed E-state index contributed by atoms with van der Waals surface area (Å²) in [5.41, 5.74) is 8.29. The lowest BCUT2D eigenvalue weighted by molar-refractivity contribution is -0.144. The standard InChI is InChI=1S/C23H36N4O2/c1-18(23(28)26(2)20-12-5-3-6-13-20)29-25-22(24)21-14-8-7-11-19(21)17-27-15-9-4-10-16-27/h7-8,11,14,18,20H,3-6,9-10,12-13,15-17H2,1-2H3,(H2,24,25). The van der Waals surface area contributed by atoms with Crippen LogP contribution in [-0.4, -0.2) is 53.8 Å². The van der Waals surface area contributed by atoms with Crippen molar-refractivity contribution in [2.45, 2.75) is 77.0 Å². The number of oxime groups is 1. The molecule has 6 nitrogen and oxygen atoms in total. The van der Waals surface area contributed by atoms with Crippen LogP contribution >= 0.6 is 0 Å². The summed E-state index contributed by atoms with van der Waals surface area (Å²) in [5.74, 6) is 0.299. The molecule has 1 aromatic carbocycles. The van der Waals surface area contributed by atoms with E-state index in [0.29, 0.717) is 11.9 Å². The number of carbonyl (C=O) groups excluding carboxylic acids is 1. The van der Waals surface area contributed by atoms with Gasteiger partial charge >= 0.3 is 0 Å². The molecular formula is C23H36N4O2. The average Bonchev–Trinajstić information content (AvgIpc) is 2.78. The van der Waals surface area contributed by atoms with Gasteiger partial charge in [0.1, 0.15) is 0 Å². The zero-order chi connectivity index (χ0) is 20.6.